The van der Waals surface area contributed by atoms with E-state index in [9.17, 15) is 18.3 Å². The van der Waals surface area contributed by atoms with Gasteiger partial charge in [-0.3, -0.25) is 9.48 Å². The number of fused-ring (bicyclic) bond motifs is 1. The van der Waals surface area contributed by atoms with Crippen molar-refractivity contribution in [3.63, 3.8) is 0 Å². The van der Waals surface area contributed by atoms with Crippen molar-refractivity contribution in [1.29, 1.82) is 0 Å². The highest BCUT2D eigenvalue weighted by Crippen LogP contribution is 2.30. The van der Waals surface area contributed by atoms with E-state index in [1.165, 1.54) is 25.1 Å². The molecule has 0 unspecified atom stereocenters. The number of sulfone groups is 1. The van der Waals surface area contributed by atoms with E-state index in [1.807, 2.05) is 13.8 Å². The van der Waals surface area contributed by atoms with Gasteiger partial charge in [0.2, 0.25) is 0 Å². The average Bonchev–Trinajstić information content (AvgIpc) is 2.96. The molecule has 0 fully saturated rings. The Morgan fingerprint density at radius 3 is 2.59 bits per heavy atom. The summed E-state index contributed by atoms with van der Waals surface area (Å²) in [5.41, 5.74) is 2.37. The normalized spacial score (nSPS) is 11.9. The van der Waals surface area contributed by atoms with Gasteiger partial charge >= 0.3 is 0 Å². The van der Waals surface area contributed by atoms with Gasteiger partial charge in [-0.1, -0.05) is 20.8 Å². The summed E-state index contributed by atoms with van der Waals surface area (Å²) in [4.78, 5) is 17.8. The Balaban J connectivity index is 2.11. The molecule has 0 aliphatic heterocycles. The van der Waals surface area contributed by atoms with Crippen molar-refractivity contribution in [3.8, 4) is 5.75 Å². The maximum atomic E-state index is 13.1. The molecule has 1 aromatic carbocycles. The predicted octanol–water partition coefficient (Wildman–Crippen LogP) is 3.15. The maximum Gasteiger partial charge on any atom is 0.256 e. The fourth-order valence-electron chi connectivity index (χ4n) is 3.10. The number of amides is 1. The second-order valence-corrected chi connectivity index (χ2v) is 9.47. The summed E-state index contributed by atoms with van der Waals surface area (Å²) in [7, 11) is -1.72. The van der Waals surface area contributed by atoms with Gasteiger partial charge < -0.3 is 10.4 Å². The van der Waals surface area contributed by atoms with Crippen LogP contribution in [0, 0.1) is 6.92 Å². The lowest BCUT2D eigenvalue weighted by Gasteiger charge is -2.12. The molecule has 154 valence electrons. The molecule has 0 aliphatic rings. The van der Waals surface area contributed by atoms with Crippen molar-refractivity contribution >= 4 is 32.5 Å². The van der Waals surface area contributed by atoms with Crippen LogP contribution in [0.25, 0.3) is 11.0 Å². The Morgan fingerprint density at radius 1 is 1.28 bits per heavy atom. The molecular weight excluding hydrogens is 392 g/mol. The van der Waals surface area contributed by atoms with Gasteiger partial charge in [0.15, 0.2) is 15.5 Å². The largest absolute Gasteiger partial charge is 0.506 e. The van der Waals surface area contributed by atoms with Gasteiger partial charge in [-0.15, -0.1) is 0 Å². The first-order valence-corrected chi connectivity index (χ1v) is 10.9. The lowest BCUT2D eigenvalue weighted by molar-refractivity contribution is 0.102. The van der Waals surface area contributed by atoms with Crippen LogP contribution in [0.5, 0.6) is 5.75 Å². The first-order valence-electron chi connectivity index (χ1n) is 9.26. The van der Waals surface area contributed by atoms with Crippen molar-refractivity contribution in [3.05, 3.63) is 41.2 Å². The monoisotopic (exact) mass is 416 g/mol. The van der Waals surface area contributed by atoms with Crippen molar-refractivity contribution in [2.75, 3.05) is 11.1 Å². The number of carbonyl (C=O) groups excluding carboxylic acids is 1. The Labute approximate surface area is 169 Å². The van der Waals surface area contributed by atoms with Crippen molar-refractivity contribution in [1.82, 2.24) is 14.8 Å². The molecule has 0 saturated carbocycles. The van der Waals surface area contributed by atoms with Gasteiger partial charge in [-0.25, -0.2) is 13.4 Å². The fourth-order valence-corrected chi connectivity index (χ4v) is 4.01. The average molecular weight is 417 g/mol. The SMILES string of the molecule is CCS(=O)(=O)c1ccc(O)c(NC(=O)c2cc(C(C)C)nc3c2c(C)nn3C)c1. The summed E-state index contributed by atoms with van der Waals surface area (Å²) in [6.45, 7) is 7.28. The molecule has 2 heterocycles. The number of phenols is 1. The highest BCUT2D eigenvalue weighted by Gasteiger charge is 2.21. The number of phenolic OH excluding ortho intramolecular Hbond substituents is 1. The van der Waals surface area contributed by atoms with Crippen LogP contribution in [-0.2, 0) is 16.9 Å². The number of nitrogens with zero attached hydrogens (tertiary/aromatic N) is 3. The number of anilines is 1. The van der Waals surface area contributed by atoms with Gasteiger partial charge in [0, 0.05) is 12.7 Å². The van der Waals surface area contributed by atoms with Crippen LogP contribution in [0.3, 0.4) is 0 Å². The van der Waals surface area contributed by atoms with Crippen LogP contribution >= 0.6 is 0 Å². The number of aromatic nitrogens is 3. The van der Waals surface area contributed by atoms with E-state index in [0.29, 0.717) is 22.3 Å². The summed E-state index contributed by atoms with van der Waals surface area (Å²) >= 11 is 0. The Morgan fingerprint density at radius 2 is 1.97 bits per heavy atom. The Bertz CT molecular complexity index is 1210. The minimum atomic E-state index is -3.48. The molecule has 1 amide bonds. The van der Waals surface area contributed by atoms with E-state index in [1.54, 1.807) is 24.7 Å². The van der Waals surface area contributed by atoms with E-state index in [0.717, 1.165) is 5.69 Å². The molecule has 2 N–H and O–H groups in total. The van der Waals surface area contributed by atoms with Crippen LogP contribution in [0.2, 0.25) is 0 Å². The molecule has 2 aromatic heterocycles. The number of benzene rings is 1. The lowest BCUT2D eigenvalue weighted by Crippen LogP contribution is -2.15. The van der Waals surface area contributed by atoms with Gasteiger partial charge in [0.05, 0.1) is 33.0 Å². The number of hydrogen-bond donors (Lipinski definition) is 2. The zero-order valence-corrected chi connectivity index (χ0v) is 17.8. The van der Waals surface area contributed by atoms with E-state index >= 15 is 0 Å². The highest BCUT2D eigenvalue weighted by molar-refractivity contribution is 7.91. The number of aromatic hydroxyl groups is 1. The zero-order chi connectivity index (χ0) is 21.5. The molecule has 3 aromatic rings. The van der Waals surface area contributed by atoms with E-state index in [2.05, 4.69) is 15.4 Å². The van der Waals surface area contributed by atoms with Crippen molar-refractivity contribution in [2.45, 2.75) is 38.5 Å². The van der Waals surface area contributed by atoms with E-state index in [4.69, 9.17) is 0 Å². The van der Waals surface area contributed by atoms with Gasteiger partial charge in [0.25, 0.3) is 5.91 Å². The molecule has 8 nitrogen and oxygen atoms in total. The maximum absolute atomic E-state index is 13.1. The molecule has 29 heavy (non-hydrogen) atoms. The third-order valence-corrected chi connectivity index (χ3v) is 6.51. The predicted molar refractivity (Wildman–Crippen MR) is 111 cm³/mol. The minimum absolute atomic E-state index is 0.0297. The van der Waals surface area contributed by atoms with Gasteiger partial charge in [0.1, 0.15) is 5.75 Å². The summed E-state index contributed by atoms with van der Waals surface area (Å²) in [5.74, 6) is -0.682. The van der Waals surface area contributed by atoms with Crippen LogP contribution in [0.4, 0.5) is 5.69 Å². The highest BCUT2D eigenvalue weighted by atomic mass is 32.2. The lowest BCUT2D eigenvalue weighted by atomic mass is 10.0. The molecule has 0 spiro atoms. The number of carbonyl (C=O) groups is 1. The number of pyridine rings is 1. The topological polar surface area (TPSA) is 114 Å². The molecule has 9 heteroatoms. The molecular formula is C20H24N4O4S. The summed E-state index contributed by atoms with van der Waals surface area (Å²) in [6, 6.07) is 5.55. The summed E-state index contributed by atoms with van der Waals surface area (Å²) in [6.07, 6.45) is 0. The van der Waals surface area contributed by atoms with E-state index in [-0.39, 0.29) is 28.0 Å². The number of nitrogens with one attached hydrogen (secondary N) is 1. The fraction of sp³-hybridized carbons (Fsp3) is 0.350. The smallest absolute Gasteiger partial charge is 0.256 e. The molecule has 0 aliphatic carbocycles. The zero-order valence-electron chi connectivity index (χ0n) is 17.0. The third kappa shape index (κ3) is 3.82. The third-order valence-electron chi connectivity index (χ3n) is 4.78. The summed E-state index contributed by atoms with van der Waals surface area (Å²) < 4.78 is 25.9. The molecule has 0 saturated heterocycles. The van der Waals surface area contributed by atoms with E-state index < -0.39 is 15.7 Å². The molecule has 0 radical (unpaired) electrons. The quantitative estimate of drug-likeness (QED) is 0.618. The van der Waals surface area contributed by atoms with Crippen LogP contribution in [-0.4, -0.2) is 39.9 Å². The first kappa shape index (κ1) is 20.8. The van der Waals surface area contributed by atoms with Gasteiger partial charge in [-0.05, 0) is 37.1 Å². The Hall–Kier alpha value is -2.94. The molecule has 0 bridgehead atoms. The van der Waals surface area contributed by atoms with Crippen molar-refractivity contribution < 1.29 is 18.3 Å². The Kier molecular flexibility index (Phi) is 5.36. The van der Waals surface area contributed by atoms with Crippen LogP contribution < -0.4 is 5.32 Å². The summed E-state index contributed by atoms with van der Waals surface area (Å²) in [5, 5.41) is 17.8. The first-order chi connectivity index (χ1) is 13.5. The number of hydrogen-bond acceptors (Lipinski definition) is 6. The number of rotatable bonds is 5. The van der Waals surface area contributed by atoms with Crippen LogP contribution in [0.15, 0.2) is 29.2 Å². The van der Waals surface area contributed by atoms with Crippen molar-refractivity contribution in [2.24, 2.45) is 7.05 Å². The van der Waals surface area contributed by atoms with Gasteiger partial charge in [-0.2, -0.15) is 5.10 Å². The second-order valence-electron chi connectivity index (χ2n) is 7.19. The molecule has 3 rings (SSSR count). The van der Waals surface area contributed by atoms with Crippen LogP contribution in [0.1, 0.15) is 48.4 Å². The number of aryl methyl sites for hydroxylation is 2. The second kappa shape index (κ2) is 7.47. The standard InChI is InChI=1S/C20H24N4O4S/c1-6-29(27,28)13-7-8-17(25)16(9-13)22-20(26)14-10-15(11(2)3)21-19-18(14)12(4)23-24(19)5/h7-11,25H,6H2,1-5H3,(H,22,26). The minimum Gasteiger partial charge on any atom is -0.506 e. The molecule has 0 atom stereocenters.